The van der Waals surface area contributed by atoms with Crippen LogP contribution in [-0.4, -0.2) is 5.11 Å². The van der Waals surface area contributed by atoms with Crippen LogP contribution in [0.3, 0.4) is 0 Å². The van der Waals surface area contributed by atoms with Crippen LogP contribution in [0.2, 0.25) is 0 Å². The van der Waals surface area contributed by atoms with E-state index in [0.717, 1.165) is 23.2 Å². The highest BCUT2D eigenvalue weighted by molar-refractivity contribution is 5.65. The Morgan fingerprint density at radius 3 is 2.48 bits per heavy atom. The summed E-state index contributed by atoms with van der Waals surface area (Å²) in [5.74, 6) is 0.347. The molecule has 3 rings (SSSR count). The van der Waals surface area contributed by atoms with Gasteiger partial charge in [-0.05, 0) is 36.6 Å². The van der Waals surface area contributed by atoms with Crippen LogP contribution in [0.15, 0.2) is 69.2 Å². The summed E-state index contributed by atoms with van der Waals surface area (Å²) < 4.78 is 5.39. The second kappa shape index (κ2) is 6.48. The van der Waals surface area contributed by atoms with E-state index in [1.807, 2.05) is 55.5 Å². The Morgan fingerprint density at radius 2 is 1.78 bits per heavy atom. The second-order valence-corrected chi connectivity index (χ2v) is 5.39. The summed E-state index contributed by atoms with van der Waals surface area (Å²) in [6.45, 7) is 4.10. The van der Waals surface area contributed by atoms with Gasteiger partial charge >= 0.3 is 5.95 Å². The van der Waals surface area contributed by atoms with Gasteiger partial charge in [0.2, 0.25) is 0 Å². The van der Waals surface area contributed by atoms with Crippen molar-refractivity contribution in [3.63, 3.8) is 0 Å². The molecule has 0 amide bonds. The molecule has 0 radical (unpaired) electrons. The lowest BCUT2D eigenvalue weighted by atomic mass is 10.1. The quantitative estimate of drug-likeness (QED) is 0.606. The molecule has 0 saturated heterocycles. The van der Waals surface area contributed by atoms with Crippen LogP contribution >= 0.6 is 0 Å². The van der Waals surface area contributed by atoms with E-state index in [4.69, 9.17) is 4.42 Å². The van der Waals surface area contributed by atoms with Crippen LogP contribution in [0.4, 0.5) is 11.4 Å². The Labute approximate surface area is 135 Å². The van der Waals surface area contributed by atoms with E-state index in [9.17, 15) is 5.11 Å². The lowest BCUT2D eigenvalue weighted by Crippen LogP contribution is -1.79. The van der Waals surface area contributed by atoms with E-state index in [1.54, 1.807) is 6.07 Å². The normalized spacial score (nSPS) is 11.2. The maximum atomic E-state index is 9.91. The second-order valence-electron chi connectivity index (χ2n) is 5.39. The fraction of sp³-hybridized carbons (Fsp3) is 0.158. The highest BCUT2D eigenvalue weighted by Crippen LogP contribution is 2.36. The average molecular weight is 306 g/mol. The summed E-state index contributed by atoms with van der Waals surface area (Å²) in [4.78, 5) is 0. The highest BCUT2D eigenvalue weighted by Gasteiger charge is 2.11. The number of nitrogens with zero attached hydrogens (tertiary/aromatic N) is 2. The van der Waals surface area contributed by atoms with Crippen LogP contribution in [0.25, 0.3) is 11.3 Å². The molecule has 116 valence electrons. The molecule has 0 atom stereocenters. The molecular formula is C19H18N2O2. The molecule has 0 saturated carbocycles. The highest BCUT2D eigenvalue weighted by atomic mass is 16.5. The van der Waals surface area contributed by atoms with Crippen LogP contribution in [0.5, 0.6) is 5.95 Å². The maximum Gasteiger partial charge on any atom is 0.311 e. The van der Waals surface area contributed by atoms with Crippen molar-refractivity contribution in [3.8, 4) is 17.3 Å². The summed E-state index contributed by atoms with van der Waals surface area (Å²) in [6.07, 6.45) is 0.986. The molecule has 0 aliphatic carbocycles. The van der Waals surface area contributed by atoms with E-state index in [-0.39, 0.29) is 5.95 Å². The Kier molecular flexibility index (Phi) is 4.24. The van der Waals surface area contributed by atoms with E-state index in [1.165, 1.54) is 5.56 Å². The smallest absolute Gasteiger partial charge is 0.311 e. The van der Waals surface area contributed by atoms with Crippen LogP contribution < -0.4 is 0 Å². The van der Waals surface area contributed by atoms with Crippen LogP contribution in [-0.2, 0) is 6.42 Å². The van der Waals surface area contributed by atoms with Crippen molar-refractivity contribution >= 4 is 11.4 Å². The number of hydrogen-bond acceptors (Lipinski definition) is 4. The monoisotopic (exact) mass is 306 g/mol. The number of benzene rings is 2. The summed E-state index contributed by atoms with van der Waals surface area (Å²) in [6, 6.07) is 17.4. The number of hydrogen-bond donors (Lipinski definition) is 1. The molecule has 4 heteroatoms. The third kappa shape index (κ3) is 3.48. The third-order valence-electron chi connectivity index (χ3n) is 3.62. The molecule has 0 aliphatic rings. The van der Waals surface area contributed by atoms with Gasteiger partial charge in [-0.15, -0.1) is 5.11 Å². The molecule has 2 aromatic carbocycles. The van der Waals surface area contributed by atoms with E-state index in [2.05, 4.69) is 17.2 Å². The number of furan rings is 1. The Balaban J connectivity index is 1.85. The van der Waals surface area contributed by atoms with Gasteiger partial charge in [0, 0.05) is 11.6 Å². The standard InChI is InChI=1S/C19H18N2O2/c1-3-14-7-9-15(10-8-14)18-12-17(19(22)23-18)21-20-16-6-4-5-13(2)11-16/h4-12,22H,3H2,1-2H3. The minimum absolute atomic E-state index is 0.226. The first-order valence-corrected chi connectivity index (χ1v) is 7.56. The summed E-state index contributed by atoms with van der Waals surface area (Å²) in [5, 5.41) is 18.1. The molecule has 0 bridgehead atoms. The Hall–Kier alpha value is -2.88. The van der Waals surface area contributed by atoms with Gasteiger partial charge in [0.1, 0.15) is 5.76 Å². The van der Waals surface area contributed by atoms with E-state index < -0.39 is 0 Å². The zero-order chi connectivity index (χ0) is 16.2. The van der Waals surface area contributed by atoms with Crippen molar-refractivity contribution in [2.24, 2.45) is 10.2 Å². The predicted octanol–water partition coefficient (Wildman–Crippen LogP) is 5.94. The fourth-order valence-electron chi connectivity index (χ4n) is 2.29. The van der Waals surface area contributed by atoms with Crippen molar-refractivity contribution in [1.82, 2.24) is 0 Å². The molecule has 4 nitrogen and oxygen atoms in total. The lowest BCUT2D eigenvalue weighted by Gasteiger charge is -1.98. The lowest BCUT2D eigenvalue weighted by molar-refractivity contribution is 0.339. The number of aromatic hydroxyl groups is 1. The molecule has 0 unspecified atom stereocenters. The Bertz CT molecular complexity index is 833. The first-order chi connectivity index (χ1) is 11.2. The molecule has 3 aromatic rings. The van der Waals surface area contributed by atoms with Crippen LogP contribution in [0, 0.1) is 6.92 Å². The summed E-state index contributed by atoms with van der Waals surface area (Å²) >= 11 is 0. The van der Waals surface area contributed by atoms with Crippen molar-refractivity contribution < 1.29 is 9.52 Å². The zero-order valence-corrected chi connectivity index (χ0v) is 13.2. The summed E-state index contributed by atoms with van der Waals surface area (Å²) in [7, 11) is 0. The molecule has 0 fully saturated rings. The van der Waals surface area contributed by atoms with Crippen molar-refractivity contribution in [2.45, 2.75) is 20.3 Å². The molecule has 0 aliphatic heterocycles. The van der Waals surface area contributed by atoms with Gasteiger partial charge in [-0.1, -0.05) is 43.3 Å². The molecular weight excluding hydrogens is 288 g/mol. The molecule has 0 spiro atoms. The van der Waals surface area contributed by atoms with Gasteiger partial charge < -0.3 is 9.52 Å². The van der Waals surface area contributed by atoms with Gasteiger partial charge in [0.25, 0.3) is 0 Å². The Morgan fingerprint density at radius 1 is 1.00 bits per heavy atom. The van der Waals surface area contributed by atoms with E-state index >= 15 is 0 Å². The largest absolute Gasteiger partial charge is 0.479 e. The first-order valence-electron chi connectivity index (χ1n) is 7.56. The number of azo groups is 1. The van der Waals surface area contributed by atoms with E-state index in [0.29, 0.717) is 11.4 Å². The van der Waals surface area contributed by atoms with Gasteiger partial charge in [0.15, 0.2) is 5.69 Å². The fourth-order valence-corrected chi connectivity index (χ4v) is 2.29. The minimum Gasteiger partial charge on any atom is -0.479 e. The molecule has 23 heavy (non-hydrogen) atoms. The zero-order valence-electron chi connectivity index (χ0n) is 13.2. The average Bonchev–Trinajstić information content (AvgIpc) is 2.94. The summed E-state index contributed by atoms with van der Waals surface area (Å²) in [5.41, 5.74) is 4.31. The topological polar surface area (TPSA) is 58.1 Å². The number of rotatable bonds is 4. The molecule has 1 heterocycles. The van der Waals surface area contributed by atoms with Crippen molar-refractivity contribution in [2.75, 3.05) is 0 Å². The van der Waals surface area contributed by atoms with Crippen molar-refractivity contribution in [3.05, 3.63) is 65.7 Å². The number of aryl methyl sites for hydroxylation is 2. The maximum absolute atomic E-state index is 9.91. The van der Waals surface area contributed by atoms with Gasteiger partial charge in [-0.25, -0.2) is 0 Å². The molecule has 1 N–H and O–H groups in total. The minimum atomic E-state index is -0.226. The SMILES string of the molecule is CCc1ccc(-c2cc(N=Nc3cccc(C)c3)c(O)o2)cc1. The van der Waals surface area contributed by atoms with Crippen LogP contribution in [0.1, 0.15) is 18.1 Å². The van der Waals surface area contributed by atoms with Gasteiger partial charge in [-0.2, -0.15) is 5.11 Å². The molecule has 1 aromatic heterocycles. The van der Waals surface area contributed by atoms with Gasteiger partial charge in [0.05, 0.1) is 5.69 Å². The van der Waals surface area contributed by atoms with Crippen molar-refractivity contribution in [1.29, 1.82) is 0 Å². The third-order valence-corrected chi connectivity index (χ3v) is 3.62. The first kappa shape index (κ1) is 15.0. The van der Waals surface area contributed by atoms with Gasteiger partial charge in [-0.3, -0.25) is 0 Å². The predicted molar refractivity (Wildman–Crippen MR) is 90.5 cm³/mol.